The molecule has 0 amide bonds. The van der Waals surface area contributed by atoms with Gasteiger partial charge in [-0.2, -0.15) is 10.2 Å². The number of carboxylic acid groups (broad SMARTS) is 1. The van der Waals surface area contributed by atoms with Crippen LogP contribution < -0.4 is 25.7 Å². The number of nitrogens with two attached hydrogens (primary N) is 1. The summed E-state index contributed by atoms with van der Waals surface area (Å²) < 4.78 is 8.74. The SMILES string of the molecule is CCN(CC)c1ccc2c(-c3ccc4c(c3C(=O)[O-])N=NC4N)c3ccc(=[N+](CC)CC)cc-3oc2c1. The van der Waals surface area contributed by atoms with Gasteiger partial charge in [0, 0.05) is 58.5 Å². The smallest absolute Gasteiger partial charge is 0.203 e. The first-order valence-electron chi connectivity index (χ1n) is 12.8. The lowest BCUT2D eigenvalue weighted by Gasteiger charge is -2.23. The fraction of sp³-hybridized carbons (Fsp3) is 0.310. The minimum absolute atomic E-state index is 0.0105. The largest absolute Gasteiger partial charge is 0.545 e. The molecule has 2 heterocycles. The van der Waals surface area contributed by atoms with Crippen LogP contribution in [0.5, 0.6) is 0 Å². The van der Waals surface area contributed by atoms with Gasteiger partial charge in [0.2, 0.25) is 5.36 Å². The predicted molar refractivity (Wildman–Crippen MR) is 144 cm³/mol. The molecule has 2 aromatic rings. The molecule has 190 valence electrons. The van der Waals surface area contributed by atoms with E-state index in [1.165, 1.54) is 0 Å². The van der Waals surface area contributed by atoms with E-state index in [2.05, 4.69) is 47.4 Å². The number of rotatable bonds is 7. The molecule has 5 rings (SSSR count). The van der Waals surface area contributed by atoms with Gasteiger partial charge in [-0.05, 0) is 51.5 Å². The highest BCUT2D eigenvalue weighted by molar-refractivity contribution is 6.10. The average Bonchev–Trinajstić information content (AvgIpc) is 3.28. The van der Waals surface area contributed by atoms with Gasteiger partial charge < -0.3 is 25.0 Å². The van der Waals surface area contributed by atoms with Crippen molar-refractivity contribution in [3.8, 4) is 22.5 Å². The summed E-state index contributed by atoms with van der Waals surface area (Å²) in [5.74, 6) is -0.645. The van der Waals surface area contributed by atoms with Crippen molar-refractivity contribution in [2.75, 3.05) is 31.1 Å². The Balaban J connectivity index is 1.91. The van der Waals surface area contributed by atoms with Crippen LogP contribution in [0.15, 0.2) is 63.2 Å². The van der Waals surface area contributed by atoms with Crippen molar-refractivity contribution < 1.29 is 14.3 Å². The second-order valence-corrected chi connectivity index (χ2v) is 9.06. The zero-order chi connectivity index (χ0) is 26.3. The number of anilines is 1. The molecule has 3 aliphatic rings. The summed E-state index contributed by atoms with van der Waals surface area (Å²) in [5.41, 5.74) is 10.6. The number of aromatic carboxylic acids is 1. The van der Waals surface area contributed by atoms with Crippen LogP contribution in [0, 0.1) is 0 Å². The molecule has 0 spiro atoms. The number of carbonyl (C=O) groups is 1. The van der Waals surface area contributed by atoms with Crippen molar-refractivity contribution in [3.05, 3.63) is 65.0 Å². The molecule has 0 bridgehead atoms. The van der Waals surface area contributed by atoms with Gasteiger partial charge in [-0.25, -0.2) is 4.58 Å². The zero-order valence-corrected chi connectivity index (χ0v) is 21.6. The molecule has 0 saturated heterocycles. The number of azo groups is 1. The van der Waals surface area contributed by atoms with Crippen molar-refractivity contribution in [3.63, 3.8) is 0 Å². The van der Waals surface area contributed by atoms with E-state index in [9.17, 15) is 9.90 Å². The van der Waals surface area contributed by atoms with Crippen LogP contribution >= 0.6 is 0 Å². The third-order valence-electron chi connectivity index (χ3n) is 7.23. The molecule has 0 radical (unpaired) electrons. The van der Waals surface area contributed by atoms with E-state index in [1.54, 1.807) is 12.1 Å². The van der Waals surface area contributed by atoms with Crippen LogP contribution in [0.1, 0.15) is 49.8 Å². The molecule has 1 unspecified atom stereocenters. The molecule has 0 aromatic heterocycles. The van der Waals surface area contributed by atoms with Gasteiger partial charge in [0.1, 0.15) is 36.3 Å². The van der Waals surface area contributed by atoms with Crippen molar-refractivity contribution in [2.45, 2.75) is 33.9 Å². The Kier molecular flexibility index (Phi) is 6.52. The lowest BCUT2D eigenvalue weighted by atomic mass is 9.88. The lowest BCUT2D eigenvalue weighted by Crippen LogP contribution is -2.29. The van der Waals surface area contributed by atoms with Crippen LogP contribution in [0.4, 0.5) is 11.4 Å². The van der Waals surface area contributed by atoms with Crippen molar-refractivity contribution in [1.82, 2.24) is 4.58 Å². The maximum atomic E-state index is 12.5. The quantitative estimate of drug-likeness (QED) is 0.303. The van der Waals surface area contributed by atoms with Gasteiger partial charge in [0.15, 0.2) is 0 Å². The topological polar surface area (TPSA) is 110 Å². The number of benzene rings is 3. The minimum Gasteiger partial charge on any atom is -0.545 e. The van der Waals surface area contributed by atoms with E-state index in [1.807, 2.05) is 36.4 Å². The molecule has 2 aromatic carbocycles. The Hall–Kier alpha value is -4.04. The summed E-state index contributed by atoms with van der Waals surface area (Å²) >= 11 is 0. The molecule has 8 nitrogen and oxygen atoms in total. The van der Waals surface area contributed by atoms with Crippen LogP contribution in [0.2, 0.25) is 0 Å². The fourth-order valence-electron chi connectivity index (χ4n) is 5.28. The van der Waals surface area contributed by atoms with E-state index in [0.29, 0.717) is 22.5 Å². The standard InChI is InChI=1S/C29H31N5O3/c1-5-33(6-2)17-9-11-19-23(15-17)37-24-16-18(34(7-3)8-4)10-12-20(24)25(19)21-13-14-22-27(26(21)29(35)36)31-32-28(22)30/h9-16,28H,5-8,30H2,1-4H3. The van der Waals surface area contributed by atoms with Crippen LogP contribution in [-0.2, 0) is 0 Å². The Bertz CT molecular complexity index is 1580. The Morgan fingerprint density at radius 2 is 1.76 bits per heavy atom. The first kappa shape index (κ1) is 24.6. The average molecular weight is 498 g/mol. The number of carboxylic acids is 1. The van der Waals surface area contributed by atoms with E-state index in [0.717, 1.165) is 53.7 Å². The van der Waals surface area contributed by atoms with Gasteiger partial charge in [-0.15, -0.1) is 0 Å². The van der Waals surface area contributed by atoms with Gasteiger partial charge in [-0.3, -0.25) is 0 Å². The summed E-state index contributed by atoms with van der Waals surface area (Å²) in [6.07, 6.45) is -0.685. The van der Waals surface area contributed by atoms with Gasteiger partial charge in [0.25, 0.3) is 0 Å². The monoisotopic (exact) mass is 497 g/mol. The maximum Gasteiger partial charge on any atom is 0.203 e. The highest BCUT2D eigenvalue weighted by atomic mass is 16.4. The second kappa shape index (κ2) is 9.78. The Morgan fingerprint density at radius 3 is 2.43 bits per heavy atom. The van der Waals surface area contributed by atoms with Gasteiger partial charge in [0.05, 0.1) is 12.0 Å². The van der Waals surface area contributed by atoms with Crippen molar-refractivity contribution >= 4 is 28.3 Å². The lowest BCUT2D eigenvalue weighted by molar-refractivity contribution is -0.254. The van der Waals surface area contributed by atoms with E-state index < -0.39 is 12.1 Å². The maximum absolute atomic E-state index is 12.5. The van der Waals surface area contributed by atoms with Crippen LogP contribution in [-0.4, -0.2) is 32.1 Å². The molecular formula is C29H31N5O3. The second-order valence-electron chi connectivity index (χ2n) is 9.06. The summed E-state index contributed by atoms with van der Waals surface area (Å²) in [7, 11) is 0. The molecule has 1 atom stereocenters. The van der Waals surface area contributed by atoms with Gasteiger partial charge in [-0.1, -0.05) is 12.1 Å². The van der Waals surface area contributed by atoms with E-state index in [4.69, 9.17) is 10.2 Å². The van der Waals surface area contributed by atoms with Gasteiger partial charge >= 0.3 is 0 Å². The fourth-order valence-corrected chi connectivity index (χ4v) is 5.28. The summed E-state index contributed by atoms with van der Waals surface area (Å²) in [4.78, 5) is 14.7. The van der Waals surface area contributed by atoms with E-state index in [-0.39, 0.29) is 11.3 Å². The summed E-state index contributed by atoms with van der Waals surface area (Å²) in [6, 6.07) is 15.7. The molecule has 2 N–H and O–H groups in total. The molecule has 2 aliphatic heterocycles. The predicted octanol–water partition coefficient (Wildman–Crippen LogP) is 4.28. The highest BCUT2D eigenvalue weighted by Crippen LogP contribution is 2.46. The number of carbonyl (C=O) groups excluding carboxylic acids is 1. The summed E-state index contributed by atoms with van der Waals surface area (Å²) in [5, 5.41) is 22.4. The van der Waals surface area contributed by atoms with E-state index >= 15 is 0 Å². The first-order chi connectivity index (χ1) is 17.9. The molecule has 1 aliphatic carbocycles. The molecule has 8 heteroatoms. The molecular weight excluding hydrogens is 466 g/mol. The summed E-state index contributed by atoms with van der Waals surface area (Å²) in [6.45, 7) is 11.9. The third kappa shape index (κ3) is 4.07. The zero-order valence-electron chi connectivity index (χ0n) is 21.6. The number of nitrogens with zero attached hydrogens (tertiary/aromatic N) is 4. The molecule has 0 fully saturated rings. The van der Waals surface area contributed by atoms with Crippen LogP contribution in [0.25, 0.3) is 33.4 Å². The highest BCUT2D eigenvalue weighted by Gasteiger charge is 2.27. The number of fused-ring (bicyclic) bond motifs is 3. The molecule has 0 saturated carbocycles. The Labute approximate surface area is 215 Å². The van der Waals surface area contributed by atoms with Crippen molar-refractivity contribution in [1.29, 1.82) is 0 Å². The third-order valence-corrected chi connectivity index (χ3v) is 7.23. The number of hydrogen-bond donors (Lipinski definition) is 1. The molecule has 37 heavy (non-hydrogen) atoms. The van der Waals surface area contributed by atoms with Crippen LogP contribution in [0.3, 0.4) is 0 Å². The number of hydrogen-bond acceptors (Lipinski definition) is 7. The van der Waals surface area contributed by atoms with Crippen molar-refractivity contribution in [2.24, 2.45) is 16.0 Å². The normalized spacial score (nSPS) is 14.4. The Morgan fingerprint density at radius 1 is 1.03 bits per heavy atom. The minimum atomic E-state index is -1.32. The first-order valence-corrected chi connectivity index (χ1v) is 12.8.